The molecule has 1 aromatic carbocycles. The molecule has 1 aliphatic carbocycles. The van der Waals surface area contributed by atoms with Crippen LogP contribution in [0.4, 0.5) is 0 Å². The van der Waals surface area contributed by atoms with Gasteiger partial charge in [-0.2, -0.15) is 0 Å². The largest absolute Gasteiger partial charge is 0.0622 e. The first kappa shape index (κ1) is 8.31. The SMILES string of the molecule is CC1CCc2ccc(Br)cc2C1. The average Bonchev–Trinajstić information content (AvgIpc) is 2.03. The molecule has 2 rings (SSSR count). The summed E-state index contributed by atoms with van der Waals surface area (Å²) in [4.78, 5) is 0. The molecule has 0 N–H and O–H groups in total. The van der Waals surface area contributed by atoms with Crippen molar-refractivity contribution in [3.8, 4) is 0 Å². The summed E-state index contributed by atoms with van der Waals surface area (Å²) in [5.41, 5.74) is 3.10. The summed E-state index contributed by atoms with van der Waals surface area (Å²) < 4.78 is 1.22. The van der Waals surface area contributed by atoms with E-state index in [2.05, 4.69) is 41.1 Å². The van der Waals surface area contributed by atoms with Gasteiger partial charge in [0.05, 0.1) is 0 Å². The molecule has 1 heteroatoms. The summed E-state index contributed by atoms with van der Waals surface area (Å²) in [5.74, 6) is 0.867. The van der Waals surface area contributed by atoms with E-state index in [-0.39, 0.29) is 0 Å². The van der Waals surface area contributed by atoms with Crippen molar-refractivity contribution in [3.05, 3.63) is 33.8 Å². The number of fused-ring (bicyclic) bond motifs is 1. The molecule has 0 heterocycles. The van der Waals surface area contributed by atoms with Crippen LogP contribution in [0.1, 0.15) is 24.5 Å². The van der Waals surface area contributed by atoms with Crippen molar-refractivity contribution in [2.24, 2.45) is 5.92 Å². The van der Waals surface area contributed by atoms with E-state index < -0.39 is 0 Å². The quantitative estimate of drug-likeness (QED) is 0.633. The van der Waals surface area contributed by atoms with Crippen LogP contribution < -0.4 is 0 Å². The molecule has 0 saturated carbocycles. The van der Waals surface area contributed by atoms with Gasteiger partial charge in [-0.1, -0.05) is 28.9 Å². The van der Waals surface area contributed by atoms with Crippen molar-refractivity contribution in [3.63, 3.8) is 0 Å². The highest BCUT2D eigenvalue weighted by molar-refractivity contribution is 9.10. The maximum atomic E-state index is 3.51. The average molecular weight is 225 g/mol. The van der Waals surface area contributed by atoms with Crippen molar-refractivity contribution in [1.29, 1.82) is 0 Å². The van der Waals surface area contributed by atoms with Crippen LogP contribution in [-0.4, -0.2) is 0 Å². The molecule has 0 nitrogen and oxygen atoms in total. The van der Waals surface area contributed by atoms with E-state index in [1.165, 1.54) is 23.7 Å². The van der Waals surface area contributed by atoms with E-state index >= 15 is 0 Å². The molecule has 1 unspecified atom stereocenters. The summed E-state index contributed by atoms with van der Waals surface area (Å²) >= 11 is 3.51. The van der Waals surface area contributed by atoms with E-state index in [0.717, 1.165) is 5.92 Å². The maximum Gasteiger partial charge on any atom is 0.0178 e. The Balaban J connectivity index is 2.37. The molecule has 64 valence electrons. The van der Waals surface area contributed by atoms with Crippen molar-refractivity contribution in [2.75, 3.05) is 0 Å². The maximum absolute atomic E-state index is 3.51. The topological polar surface area (TPSA) is 0 Å². The van der Waals surface area contributed by atoms with Gasteiger partial charge < -0.3 is 0 Å². The van der Waals surface area contributed by atoms with Crippen LogP contribution in [0, 0.1) is 5.92 Å². The van der Waals surface area contributed by atoms with E-state index in [9.17, 15) is 0 Å². The van der Waals surface area contributed by atoms with Gasteiger partial charge >= 0.3 is 0 Å². The number of hydrogen-bond acceptors (Lipinski definition) is 0. The highest BCUT2D eigenvalue weighted by Gasteiger charge is 2.14. The molecule has 0 amide bonds. The fourth-order valence-corrected chi connectivity index (χ4v) is 2.32. The fraction of sp³-hybridized carbons (Fsp3) is 0.455. The van der Waals surface area contributed by atoms with Gasteiger partial charge in [-0.15, -0.1) is 0 Å². The predicted molar refractivity (Wildman–Crippen MR) is 55.3 cm³/mol. The molecule has 0 bridgehead atoms. The summed E-state index contributed by atoms with van der Waals surface area (Å²) in [5, 5.41) is 0. The number of rotatable bonds is 0. The van der Waals surface area contributed by atoms with Crippen LogP contribution in [0.5, 0.6) is 0 Å². The molecule has 1 atom stereocenters. The lowest BCUT2D eigenvalue weighted by molar-refractivity contribution is 0.501. The van der Waals surface area contributed by atoms with Crippen LogP contribution in [0.15, 0.2) is 22.7 Å². The zero-order chi connectivity index (χ0) is 8.55. The second kappa shape index (κ2) is 3.21. The zero-order valence-corrected chi connectivity index (χ0v) is 8.89. The molecule has 0 radical (unpaired) electrons. The first-order valence-corrected chi connectivity index (χ1v) is 5.32. The number of hydrogen-bond donors (Lipinski definition) is 0. The molecule has 12 heavy (non-hydrogen) atoms. The molecule has 0 saturated heterocycles. The van der Waals surface area contributed by atoms with E-state index in [0.29, 0.717) is 0 Å². The van der Waals surface area contributed by atoms with Crippen LogP contribution in [-0.2, 0) is 12.8 Å². The molecule has 0 spiro atoms. The van der Waals surface area contributed by atoms with Crippen LogP contribution >= 0.6 is 15.9 Å². The summed E-state index contributed by atoms with van der Waals surface area (Å²) in [6.45, 7) is 2.34. The summed E-state index contributed by atoms with van der Waals surface area (Å²) in [6.07, 6.45) is 3.88. The molecule has 1 aliphatic rings. The summed E-state index contributed by atoms with van der Waals surface area (Å²) in [7, 11) is 0. The second-order valence-corrected chi connectivity index (χ2v) is 4.68. The minimum atomic E-state index is 0.867. The Morgan fingerprint density at radius 1 is 1.33 bits per heavy atom. The predicted octanol–water partition coefficient (Wildman–Crippen LogP) is 3.57. The Labute approximate surface area is 82.1 Å². The van der Waals surface area contributed by atoms with Gasteiger partial charge in [0.1, 0.15) is 0 Å². The molecular formula is C11H13Br. The minimum Gasteiger partial charge on any atom is -0.0622 e. The summed E-state index contributed by atoms with van der Waals surface area (Å²) in [6, 6.07) is 6.67. The van der Waals surface area contributed by atoms with Gasteiger partial charge in [0, 0.05) is 4.47 Å². The van der Waals surface area contributed by atoms with Crippen molar-refractivity contribution in [1.82, 2.24) is 0 Å². The third-order valence-corrected chi connectivity index (χ3v) is 3.14. The fourth-order valence-electron chi connectivity index (χ4n) is 1.91. The van der Waals surface area contributed by atoms with Gasteiger partial charge in [0.25, 0.3) is 0 Å². The van der Waals surface area contributed by atoms with Gasteiger partial charge in [-0.25, -0.2) is 0 Å². The van der Waals surface area contributed by atoms with Crippen LogP contribution in [0.25, 0.3) is 0 Å². The molecule has 0 aromatic heterocycles. The lowest BCUT2D eigenvalue weighted by Gasteiger charge is -2.21. The molecular weight excluding hydrogens is 212 g/mol. The van der Waals surface area contributed by atoms with Gasteiger partial charge in [-0.3, -0.25) is 0 Å². The van der Waals surface area contributed by atoms with Crippen molar-refractivity contribution >= 4 is 15.9 Å². The van der Waals surface area contributed by atoms with E-state index in [1.54, 1.807) is 11.1 Å². The van der Waals surface area contributed by atoms with Crippen LogP contribution in [0.3, 0.4) is 0 Å². The Hall–Kier alpha value is -0.300. The van der Waals surface area contributed by atoms with Crippen molar-refractivity contribution < 1.29 is 0 Å². The Bertz CT molecular complexity index is 291. The number of halogens is 1. The highest BCUT2D eigenvalue weighted by atomic mass is 79.9. The Morgan fingerprint density at radius 3 is 3.00 bits per heavy atom. The number of benzene rings is 1. The first-order valence-electron chi connectivity index (χ1n) is 4.53. The molecule has 0 fully saturated rings. The van der Waals surface area contributed by atoms with Gasteiger partial charge in [0.15, 0.2) is 0 Å². The lowest BCUT2D eigenvalue weighted by Crippen LogP contribution is -2.10. The van der Waals surface area contributed by atoms with Gasteiger partial charge in [-0.05, 0) is 48.4 Å². The Morgan fingerprint density at radius 2 is 2.17 bits per heavy atom. The molecule has 1 aromatic rings. The van der Waals surface area contributed by atoms with Crippen LogP contribution in [0.2, 0.25) is 0 Å². The van der Waals surface area contributed by atoms with E-state index in [4.69, 9.17) is 0 Å². The van der Waals surface area contributed by atoms with Crippen molar-refractivity contribution in [2.45, 2.75) is 26.2 Å². The first-order chi connectivity index (χ1) is 5.75. The minimum absolute atomic E-state index is 0.867. The highest BCUT2D eigenvalue weighted by Crippen LogP contribution is 2.27. The molecule has 0 aliphatic heterocycles. The lowest BCUT2D eigenvalue weighted by atomic mass is 9.85. The third kappa shape index (κ3) is 1.56. The standard InChI is InChI=1S/C11H13Br/c1-8-2-3-9-4-5-11(12)7-10(9)6-8/h4-5,7-8H,2-3,6H2,1H3. The third-order valence-electron chi connectivity index (χ3n) is 2.64. The number of aryl methyl sites for hydroxylation is 1. The normalized spacial score (nSPS) is 22.0. The van der Waals surface area contributed by atoms with E-state index in [1.807, 2.05) is 0 Å². The Kier molecular flexibility index (Phi) is 2.22. The monoisotopic (exact) mass is 224 g/mol. The zero-order valence-electron chi connectivity index (χ0n) is 7.31. The smallest absolute Gasteiger partial charge is 0.0178 e. The second-order valence-electron chi connectivity index (χ2n) is 3.76. The van der Waals surface area contributed by atoms with Gasteiger partial charge in [0.2, 0.25) is 0 Å².